The SMILES string of the molecule is C=CCCCOc1ccc(COC2CCC(c3ccc(-c4ccc(C(O)CCC)cc4)c(F)c3F)CC2)c(F)c1. The highest BCUT2D eigenvalue weighted by atomic mass is 19.2. The second-order valence-corrected chi connectivity index (χ2v) is 10.6. The standard InChI is InChI=1S/C34H39F3O3/c1-3-5-6-20-39-28-17-14-26(31(35)21-28)22-40-27-15-12-24(13-16-27)30-19-18-29(33(36)34(30)37)23-8-10-25(11-9-23)32(38)7-4-2/h3,8-11,14,17-19,21,24,27,32,38H,1,4-7,12-13,15-16,20,22H2,2H3. The summed E-state index contributed by atoms with van der Waals surface area (Å²) in [7, 11) is 0. The minimum atomic E-state index is -0.846. The Labute approximate surface area is 235 Å². The number of rotatable bonds is 13. The molecule has 3 nitrogen and oxygen atoms in total. The first kappa shape index (κ1) is 29.9. The number of allylic oxidation sites excluding steroid dienone is 1. The van der Waals surface area contributed by atoms with Crippen LogP contribution in [-0.2, 0) is 11.3 Å². The van der Waals surface area contributed by atoms with Gasteiger partial charge >= 0.3 is 0 Å². The van der Waals surface area contributed by atoms with Crippen molar-refractivity contribution in [1.82, 2.24) is 0 Å². The van der Waals surface area contributed by atoms with Crippen molar-refractivity contribution < 1.29 is 27.8 Å². The Balaban J connectivity index is 1.30. The minimum Gasteiger partial charge on any atom is -0.493 e. The van der Waals surface area contributed by atoms with E-state index in [-0.39, 0.29) is 30.0 Å². The van der Waals surface area contributed by atoms with Crippen LogP contribution in [0, 0.1) is 17.5 Å². The Kier molecular flexibility index (Phi) is 10.8. The van der Waals surface area contributed by atoms with E-state index in [2.05, 4.69) is 6.58 Å². The predicted octanol–water partition coefficient (Wildman–Crippen LogP) is 9.19. The van der Waals surface area contributed by atoms with E-state index in [1.54, 1.807) is 48.5 Å². The third-order valence-corrected chi connectivity index (χ3v) is 7.72. The Morgan fingerprint density at radius 1 is 0.975 bits per heavy atom. The van der Waals surface area contributed by atoms with Gasteiger partial charge in [0.1, 0.15) is 11.6 Å². The van der Waals surface area contributed by atoms with E-state index in [4.69, 9.17) is 9.47 Å². The molecule has 1 aliphatic rings. The number of unbranched alkanes of at least 4 members (excludes halogenated alkanes) is 1. The van der Waals surface area contributed by atoms with Gasteiger partial charge in [-0.05, 0) is 73.6 Å². The van der Waals surface area contributed by atoms with Crippen molar-refractivity contribution >= 4 is 0 Å². The Bertz CT molecular complexity index is 1250. The number of hydrogen-bond donors (Lipinski definition) is 1. The van der Waals surface area contributed by atoms with Crippen LogP contribution in [0.15, 0.2) is 67.3 Å². The third-order valence-electron chi connectivity index (χ3n) is 7.72. The van der Waals surface area contributed by atoms with Gasteiger partial charge in [-0.3, -0.25) is 0 Å². The van der Waals surface area contributed by atoms with Gasteiger partial charge < -0.3 is 14.6 Å². The molecule has 1 N–H and O–H groups in total. The fourth-order valence-electron chi connectivity index (χ4n) is 5.33. The lowest BCUT2D eigenvalue weighted by molar-refractivity contribution is 0.0118. The van der Waals surface area contributed by atoms with E-state index in [0.29, 0.717) is 61.2 Å². The number of aliphatic hydroxyl groups is 1. The zero-order chi connectivity index (χ0) is 28.5. The molecule has 0 radical (unpaired) electrons. The molecule has 0 aromatic heterocycles. The van der Waals surface area contributed by atoms with Crippen LogP contribution in [0.2, 0.25) is 0 Å². The van der Waals surface area contributed by atoms with Gasteiger partial charge in [-0.25, -0.2) is 13.2 Å². The zero-order valence-corrected chi connectivity index (χ0v) is 23.2. The average Bonchev–Trinajstić information content (AvgIpc) is 2.97. The number of hydrogen-bond acceptors (Lipinski definition) is 3. The normalized spacial score (nSPS) is 17.9. The molecule has 0 saturated heterocycles. The molecule has 0 heterocycles. The molecule has 1 unspecified atom stereocenters. The van der Waals surface area contributed by atoms with Crippen LogP contribution in [-0.4, -0.2) is 17.8 Å². The molecular formula is C34H39F3O3. The van der Waals surface area contributed by atoms with E-state index in [0.717, 1.165) is 24.8 Å². The number of ether oxygens (including phenoxy) is 2. The maximum absolute atomic E-state index is 15.2. The van der Waals surface area contributed by atoms with Crippen molar-refractivity contribution in [3.05, 3.63) is 101 Å². The van der Waals surface area contributed by atoms with E-state index in [1.165, 1.54) is 6.07 Å². The molecule has 1 atom stereocenters. The summed E-state index contributed by atoms with van der Waals surface area (Å²) < 4.78 is 56.4. The fraction of sp³-hybridized carbons (Fsp3) is 0.412. The lowest BCUT2D eigenvalue weighted by Gasteiger charge is -2.29. The molecule has 40 heavy (non-hydrogen) atoms. The molecular weight excluding hydrogens is 513 g/mol. The van der Waals surface area contributed by atoms with Crippen LogP contribution in [0.5, 0.6) is 5.75 Å². The van der Waals surface area contributed by atoms with Gasteiger partial charge in [-0.2, -0.15) is 0 Å². The highest BCUT2D eigenvalue weighted by molar-refractivity contribution is 5.65. The van der Waals surface area contributed by atoms with Gasteiger partial charge in [0, 0.05) is 17.2 Å². The number of aliphatic hydroxyl groups excluding tert-OH is 1. The van der Waals surface area contributed by atoms with E-state index in [1.807, 2.05) is 13.0 Å². The third kappa shape index (κ3) is 7.55. The maximum atomic E-state index is 15.2. The highest BCUT2D eigenvalue weighted by Crippen LogP contribution is 2.38. The van der Waals surface area contributed by atoms with Crippen LogP contribution in [0.1, 0.15) is 87.0 Å². The van der Waals surface area contributed by atoms with Gasteiger partial charge in [0.05, 0.1) is 25.4 Å². The van der Waals surface area contributed by atoms with Crippen LogP contribution in [0.25, 0.3) is 11.1 Å². The first-order valence-electron chi connectivity index (χ1n) is 14.3. The van der Waals surface area contributed by atoms with Crippen LogP contribution >= 0.6 is 0 Å². The summed E-state index contributed by atoms with van der Waals surface area (Å²) in [6.07, 6.45) is 7.14. The highest BCUT2D eigenvalue weighted by Gasteiger charge is 2.27. The summed E-state index contributed by atoms with van der Waals surface area (Å²) in [5.41, 5.74) is 2.42. The van der Waals surface area contributed by atoms with Gasteiger partial charge in [-0.15, -0.1) is 6.58 Å². The molecule has 214 valence electrons. The lowest BCUT2D eigenvalue weighted by Crippen LogP contribution is -2.21. The second-order valence-electron chi connectivity index (χ2n) is 10.6. The van der Waals surface area contributed by atoms with Crippen molar-refractivity contribution in [3.63, 3.8) is 0 Å². The smallest absolute Gasteiger partial charge is 0.166 e. The molecule has 4 rings (SSSR count). The Hall–Kier alpha value is -3.09. The Morgan fingerprint density at radius 2 is 1.73 bits per heavy atom. The largest absolute Gasteiger partial charge is 0.493 e. The first-order chi connectivity index (χ1) is 19.4. The molecule has 0 spiro atoms. The summed E-state index contributed by atoms with van der Waals surface area (Å²) in [4.78, 5) is 0. The first-order valence-corrected chi connectivity index (χ1v) is 14.3. The summed E-state index contributed by atoms with van der Waals surface area (Å²) in [5, 5.41) is 10.2. The monoisotopic (exact) mass is 552 g/mol. The lowest BCUT2D eigenvalue weighted by atomic mass is 9.82. The Morgan fingerprint density at radius 3 is 2.40 bits per heavy atom. The van der Waals surface area contributed by atoms with Crippen molar-refractivity contribution in [1.29, 1.82) is 0 Å². The topological polar surface area (TPSA) is 38.7 Å². The molecule has 3 aromatic carbocycles. The van der Waals surface area contributed by atoms with Crippen LogP contribution in [0.4, 0.5) is 13.2 Å². The van der Waals surface area contributed by atoms with Gasteiger partial charge in [0.2, 0.25) is 0 Å². The van der Waals surface area contributed by atoms with Gasteiger partial charge in [0.25, 0.3) is 0 Å². The molecule has 0 bridgehead atoms. The van der Waals surface area contributed by atoms with Gasteiger partial charge in [0.15, 0.2) is 11.6 Å². The minimum absolute atomic E-state index is 0.0563. The van der Waals surface area contributed by atoms with E-state index < -0.39 is 17.7 Å². The molecule has 6 heteroatoms. The quantitative estimate of drug-likeness (QED) is 0.170. The van der Waals surface area contributed by atoms with E-state index >= 15 is 8.78 Å². The average molecular weight is 553 g/mol. The predicted molar refractivity (Wildman–Crippen MR) is 153 cm³/mol. The van der Waals surface area contributed by atoms with Crippen LogP contribution < -0.4 is 4.74 Å². The molecule has 1 saturated carbocycles. The molecule has 0 aliphatic heterocycles. The van der Waals surface area contributed by atoms with Crippen molar-refractivity contribution in [2.45, 2.75) is 83.0 Å². The van der Waals surface area contributed by atoms with Gasteiger partial charge in [-0.1, -0.05) is 61.9 Å². The van der Waals surface area contributed by atoms with Crippen molar-refractivity contribution in [3.8, 4) is 16.9 Å². The zero-order valence-electron chi connectivity index (χ0n) is 23.2. The number of benzene rings is 3. The summed E-state index contributed by atoms with van der Waals surface area (Å²) in [6, 6.07) is 15.1. The number of halogens is 3. The molecule has 1 fully saturated rings. The van der Waals surface area contributed by atoms with Crippen molar-refractivity contribution in [2.75, 3.05) is 6.61 Å². The fourth-order valence-corrected chi connectivity index (χ4v) is 5.33. The molecule has 1 aliphatic carbocycles. The maximum Gasteiger partial charge on any atom is 0.166 e. The summed E-state index contributed by atoms with van der Waals surface area (Å²) in [5.74, 6) is -1.61. The second kappa shape index (κ2) is 14.5. The van der Waals surface area contributed by atoms with E-state index in [9.17, 15) is 9.50 Å². The summed E-state index contributed by atoms with van der Waals surface area (Å²) in [6.45, 7) is 6.34. The van der Waals surface area contributed by atoms with Crippen LogP contribution in [0.3, 0.4) is 0 Å². The van der Waals surface area contributed by atoms with Crippen molar-refractivity contribution in [2.24, 2.45) is 0 Å². The molecule has 3 aromatic rings. The molecule has 0 amide bonds. The summed E-state index contributed by atoms with van der Waals surface area (Å²) >= 11 is 0.